The summed E-state index contributed by atoms with van der Waals surface area (Å²) in [6, 6.07) is 74.6. The van der Waals surface area contributed by atoms with Crippen molar-refractivity contribution >= 4 is 22.8 Å². The van der Waals surface area contributed by atoms with Gasteiger partial charge in [-0.1, -0.05) is 231 Å². The van der Waals surface area contributed by atoms with Gasteiger partial charge in [0.05, 0.1) is 22.8 Å². The minimum Gasteiger partial charge on any atom is -0.251 e. The first-order valence-corrected chi connectivity index (χ1v) is 22.0. The Morgan fingerprint density at radius 3 is 0.823 bits per heavy atom. The summed E-state index contributed by atoms with van der Waals surface area (Å²) in [5, 5.41) is 0. The van der Waals surface area contributed by atoms with Gasteiger partial charge in [0.1, 0.15) is 0 Å². The zero-order chi connectivity index (χ0) is 43.0. The van der Waals surface area contributed by atoms with Crippen LogP contribution in [-0.2, 0) is 0 Å². The molecule has 0 aliphatic carbocycles. The van der Waals surface area contributed by atoms with Gasteiger partial charge in [-0.25, -0.2) is 0 Å². The van der Waals surface area contributed by atoms with Gasteiger partial charge in [-0.05, 0) is 83.3 Å². The van der Waals surface area contributed by atoms with E-state index in [-0.39, 0.29) is 23.7 Å². The van der Waals surface area contributed by atoms with Crippen LogP contribution in [0.15, 0.2) is 216 Å². The van der Waals surface area contributed by atoms with Gasteiger partial charge in [-0.3, -0.25) is 9.98 Å². The molecule has 0 aliphatic heterocycles. The predicted molar refractivity (Wildman–Crippen MR) is 263 cm³/mol. The van der Waals surface area contributed by atoms with Crippen molar-refractivity contribution < 1.29 is 0 Å². The van der Waals surface area contributed by atoms with Crippen molar-refractivity contribution in [1.29, 1.82) is 0 Å². The first-order valence-electron chi connectivity index (χ1n) is 22.0. The minimum atomic E-state index is -0.0548. The van der Waals surface area contributed by atoms with Gasteiger partial charge in [0.25, 0.3) is 0 Å². The van der Waals surface area contributed by atoms with Crippen LogP contribution in [0, 0.1) is 13.8 Å². The van der Waals surface area contributed by atoms with E-state index in [1.165, 1.54) is 66.8 Å². The third-order valence-electron chi connectivity index (χ3n) is 12.4. The Morgan fingerprint density at radius 1 is 0.323 bits per heavy atom. The maximum absolute atomic E-state index is 5.81. The van der Waals surface area contributed by atoms with Crippen LogP contribution in [0.25, 0.3) is 0 Å². The molecule has 0 saturated heterocycles. The summed E-state index contributed by atoms with van der Waals surface area (Å²) in [6.45, 7) is 13.3. The molecule has 0 fully saturated rings. The van der Waals surface area contributed by atoms with E-state index in [2.05, 4.69) is 248 Å². The van der Waals surface area contributed by atoms with E-state index < -0.39 is 0 Å². The number of benzene rings is 8. The van der Waals surface area contributed by atoms with Crippen molar-refractivity contribution in [1.82, 2.24) is 0 Å². The maximum atomic E-state index is 5.81. The lowest BCUT2D eigenvalue weighted by atomic mass is 9.78. The lowest BCUT2D eigenvalue weighted by Crippen LogP contribution is -2.12. The van der Waals surface area contributed by atoms with Crippen LogP contribution in [-0.4, -0.2) is 11.4 Å². The molecule has 306 valence electrons. The highest BCUT2D eigenvalue weighted by Gasteiger charge is 2.28. The zero-order valence-electron chi connectivity index (χ0n) is 36.8. The highest BCUT2D eigenvalue weighted by atomic mass is 14.8. The number of rotatable bonds is 13. The third-order valence-corrected chi connectivity index (χ3v) is 12.4. The molecule has 8 aromatic rings. The van der Waals surface area contributed by atoms with Crippen LogP contribution in [0.1, 0.15) is 118 Å². The van der Waals surface area contributed by atoms with Crippen LogP contribution < -0.4 is 0 Å². The number of aliphatic imine (C=N–C) groups is 2. The Bertz CT molecular complexity index is 2520. The molecule has 8 rings (SSSR count). The topological polar surface area (TPSA) is 24.7 Å². The smallest absolute Gasteiger partial charge is 0.0717 e. The minimum absolute atomic E-state index is 0.0548. The average Bonchev–Trinajstić information content (AvgIpc) is 3.32. The van der Waals surface area contributed by atoms with Crippen LogP contribution in [0.4, 0.5) is 11.4 Å². The van der Waals surface area contributed by atoms with Crippen LogP contribution in [0.2, 0.25) is 0 Å². The van der Waals surface area contributed by atoms with E-state index in [1.807, 2.05) is 0 Å². The second-order valence-electron chi connectivity index (χ2n) is 16.8. The van der Waals surface area contributed by atoms with E-state index >= 15 is 0 Å². The van der Waals surface area contributed by atoms with E-state index in [0.29, 0.717) is 0 Å². The second-order valence-corrected chi connectivity index (χ2v) is 16.8. The van der Waals surface area contributed by atoms with Crippen molar-refractivity contribution in [2.75, 3.05) is 0 Å². The van der Waals surface area contributed by atoms with Crippen LogP contribution >= 0.6 is 0 Å². The summed E-state index contributed by atoms with van der Waals surface area (Å²) in [5.74, 6) is 0.153. The summed E-state index contributed by atoms with van der Waals surface area (Å²) in [6.07, 6.45) is 0. The molecule has 0 heterocycles. The molecule has 0 saturated carbocycles. The molecular formula is C60H56N2. The fraction of sp³-hybridized carbons (Fsp3) is 0.167. The Labute approximate surface area is 369 Å². The van der Waals surface area contributed by atoms with Gasteiger partial charge >= 0.3 is 0 Å². The normalized spacial score (nSPS) is 13.0. The first-order chi connectivity index (χ1) is 30.3. The fourth-order valence-corrected chi connectivity index (χ4v) is 9.05. The second kappa shape index (κ2) is 19.2. The zero-order valence-corrected chi connectivity index (χ0v) is 36.8. The van der Waals surface area contributed by atoms with E-state index in [0.717, 1.165) is 22.8 Å². The van der Waals surface area contributed by atoms with Gasteiger partial charge in [0.15, 0.2) is 0 Å². The van der Waals surface area contributed by atoms with Gasteiger partial charge in [-0.2, -0.15) is 0 Å². The maximum Gasteiger partial charge on any atom is 0.0717 e. The molecule has 0 N–H and O–H groups in total. The SMILES string of the molecule is CC(=Nc1c(C(C)c2ccccc2)cc(C)cc1C(C)c1ccccc1)C(C)=Nc1c(C(c2ccccc2)c2ccccc2)cc(C)cc1C(c1ccccc1)c1ccccc1. The third kappa shape index (κ3) is 9.21. The number of nitrogens with zero attached hydrogens (tertiary/aromatic N) is 2. The largest absolute Gasteiger partial charge is 0.251 e. The molecule has 0 radical (unpaired) electrons. The Morgan fingerprint density at radius 2 is 0.548 bits per heavy atom. The summed E-state index contributed by atoms with van der Waals surface area (Å²) < 4.78 is 0. The van der Waals surface area contributed by atoms with Gasteiger partial charge in [-0.15, -0.1) is 0 Å². The summed E-state index contributed by atoms with van der Waals surface area (Å²) in [5.41, 5.74) is 18.5. The number of hydrogen-bond acceptors (Lipinski definition) is 2. The quantitative estimate of drug-likeness (QED) is 0.0819. The molecule has 0 spiro atoms. The highest BCUT2D eigenvalue weighted by molar-refractivity contribution is 6.41. The molecule has 2 heteroatoms. The fourth-order valence-electron chi connectivity index (χ4n) is 9.05. The Balaban J connectivity index is 1.39. The summed E-state index contributed by atoms with van der Waals surface area (Å²) in [4.78, 5) is 11.5. The van der Waals surface area contributed by atoms with Crippen molar-refractivity contribution in [2.24, 2.45) is 9.98 Å². The molecule has 8 aromatic carbocycles. The first kappa shape index (κ1) is 41.8. The molecule has 62 heavy (non-hydrogen) atoms. The van der Waals surface area contributed by atoms with Gasteiger partial charge in [0, 0.05) is 23.7 Å². The van der Waals surface area contributed by atoms with Crippen molar-refractivity contribution in [3.63, 3.8) is 0 Å². The predicted octanol–water partition coefficient (Wildman–Crippen LogP) is 15.9. The van der Waals surface area contributed by atoms with E-state index in [4.69, 9.17) is 9.98 Å². The molecular weight excluding hydrogens is 749 g/mol. The van der Waals surface area contributed by atoms with E-state index in [1.54, 1.807) is 0 Å². The summed E-state index contributed by atoms with van der Waals surface area (Å²) in [7, 11) is 0. The number of hydrogen-bond donors (Lipinski definition) is 0. The molecule has 2 unspecified atom stereocenters. The Hall–Kier alpha value is -6.90. The van der Waals surface area contributed by atoms with Crippen molar-refractivity contribution in [3.05, 3.63) is 273 Å². The Kier molecular flexibility index (Phi) is 13.0. The highest BCUT2D eigenvalue weighted by Crippen LogP contribution is 2.46. The van der Waals surface area contributed by atoms with Crippen LogP contribution in [0.5, 0.6) is 0 Å². The van der Waals surface area contributed by atoms with Crippen molar-refractivity contribution in [3.8, 4) is 0 Å². The molecule has 0 aromatic heterocycles. The molecule has 0 bridgehead atoms. The number of aryl methyl sites for hydroxylation is 2. The molecule has 0 aliphatic rings. The summed E-state index contributed by atoms with van der Waals surface area (Å²) >= 11 is 0. The van der Waals surface area contributed by atoms with Gasteiger partial charge < -0.3 is 0 Å². The standard InChI is InChI=1S/C60H56N2/c1-41-37-53(43(3)47-25-13-7-14-26-47)59(54(38-41)44(4)48-27-15-8-16-28-48)61-45(5)46(6)62-60-55(57(49-29-17-9-18-30-49)50-31-19-10-20-32-50)39-42(2)40-56(60)58(51-33-21-11-22-34-51)52-35-23-12-24-36-52/h7-40,43-44,57-58H,1-6H3. The molecule has 2 nitrogen and oxygen atoms in total. The monoisotopic (exact) mass is 804 g/mol. The van der Waals surface area contributed by atoms with Gasteiger partial charge in [0.2, 0.25) is 0 Å². The van der Waals surface area contributed by atoms with Crippen LogP contribution in [0.3, 0.4) is 0 Å². The lowest BCUT2D eigenvalue weighted by Gasteiger charge is -2.27. The molecule has 0 amide bonds. The van der Waals surface area contributed by atoms with Crippen molar-refractivity contribution in [2.45, 2.75) is 65.2 Å². The molecule has 2 atom stereocenters. The average molecular weight is 805 g/mol. The lowest BCUT2D eigenvalue weighted by molar-refractivity contribution is 0.883. The van der Waals surface area contributed by atoms with E-state index in [9.17, 15) is 0 Å².